The van der Waals surface area contributed by atoms with Crippen molar-refractivity contribution in [2.75, 3.05) is 19.1 Å². The molecule has 3 aromatic rings. The van der Waals surface area contributed by atoms with Gasteiger partial charge in [0.2, 0.25) is 0 Å². The van der Waals surface area contributed by atoms with Crippen LogP contribution in [-0.4, -0.2) is 31.0 Å². The average molecular weight is 552 g/mol. The molecule has 0 spiro atoms. The van der Waals surface area contributed by atoms with E-state index < -0.39 is 35.2 Å². The van der Waals surface area contributed by atoms with Crippen LogP contribution >= 0.6 is 23.2 Å². The number of ether oxygens (including phenoxy) is 2. The third-order valence-electron chi connectivity index (χ3n) is 5.80. The largest absolute Gasteiger partial charge is 0.507 e. The molecule has 1 N–H and O–H groups in total. The van der Waals surface area contributed by atoms with Crippen LogP contribution < -0.4 is 14.4 Å². The van der Waals surface area contributed by atoms with E-state index in [1.165, 1.54) is 44.6 Å². The van der Waals surface area contributed by atoms with Crippen molar-refractivity contribution in [2.45, 2.75) is 12.2 Å². The zero-order valence-electron chi connectivity index (χ0n) is 19.3. The Kier molecular flexibility index (Phi) is 7.12. The van der Waals surface area contributed by atoms with Crippen molar-refractivity contribution in [2.24, 2.45) is 0 Å². The van der Waals surface area contributed by atoms with Crippen molar-refractivity contribution in [3.8, 4) is 11.5 Å². The highest BCUT2D eigenvalue weighted by Crippen LogP contribution is 2.46. The molecule has 3 aromatic carbocycles. The van der Waals surface area contributed by atoms with Gasteiger partial charge in [-0.15, -0.1) is 0 Å². The summed E-state index contributed by atoms with van der Waals surface area (Å²) in [5, 5.41) is 11.5. The molecule has 1 aliphatic heterocycles. The van der Waals surface area contributed by atoms with Crippen molar-refractivity contribution >= 4 is 46.3 Å². The monoisotopic (exact) mass is 551 g/mol. The van der Waals surface area contributed by atoms with Gasteiger partial charge in [0.05, 0.1) is 42.0 Å². The van der Waals surface area contributed by atoms with Crippen LogP contribution in [0.2, 0.25) is 10.0 Å². The molecule has 1 amide bonds. The number of carbonyl (C=O) groups excluding carboxylic acids is 2. The summed E-state index contributed by atoms with van der Waals surface area (Å²) in [5.74, 6) is -2.46. The van der Waals surface area contributed by atoms with Gasteiger partial charge < -0.3 is 14.6 Å². The number of anilines is 1. The first-order chi connectivity index (χ1) is 17.5. The Bertz CT molecular complexity index is 1420. The summed E-state index contributed by atoms with van der Waals surface area (Å²) in [6.45, 7) is 0. The Morgan fingerprint density at radius 3 is 2.24 bits per heavy atom. The molecule has 6 nitrogen and oxygen atoms in total. The number of Topliss-reactive ketones (excluding diaryl/α,β-unsaturated/α-hetero) is 1. The van der Waals surface area contributed by atoms with Gasteiger partial charge in [-0.3, -0.25) is 14.5 Å². The van der Waals surface area contributed by atoms with Crippen LogP contribution in [0.15, 0.2) is 66.2 Å². The molecule has 1 unspecified atom stereocenters. The number of alkyl halides is 3. The third-order valence-corrected chi connectivity index (χ3v) is 6.29. The summed E-state index contributed by atoms with van der Waals surface area (Å²) >= 11 is 12.3. The van der Waals surface area contributed by atoms with Crippen LogP contribution in [0.1, 0.15) is 22.7 Å². The Balaban J connectivity index is 2.00. The van der Waals surface area contributed by atoms with Crippen molar-refractivity contribution in [3.63, 3.8) is 0 Å². The molecular formula is C26H18Cl2F3NO5. The number of aliphatic hydroxyl groups is 1. The second-order valence-corrected chi connectivity index (χ2v) is 8.80. The molecule has 1 aliphatic rings. The van der Waals surface area contributed by atoms with E-state index in [1.54, 1.807) is 12.1 Å². The van der Waals surface area contributed by atoms with Gasteiger partial charge >= 0.3 is 6.18 Å². The normalized spacial score (nSPS) is 17.3. The predicted molar refractivity (Wildman–Crippen MR) is 132 cm³/mol. The van der Waals surface area contributed by atoms with E-state index in [0.29, 0.717) is 11.3 Å². The van der Waals surface area contributed by atoms with E-state index in [2.05, 4.69) is 0 Å². The second kappa shape index (κ2) is 9.99. The quantitative estimate of drug-likeness (QED) is 0.218. The molecule has 1 fully saturated rings. The van der Waals surface area contributed by atoms with Crippen molar-refractivity contribution in [1.82, 2.24) is 0 Å². The molecule has 192 valence electrons. The fourth-order valence-electron chi connectivity index (χ4n) is 4.12. The zero-order chi connectivity index (χ0) is 27.1. The summed E-state index contributed by atoms with van der Waals surface area (Å²) in [7, 11) is 2.73. The van der Waals surface area contributed by atoms with Crippen molar-refractivity contribution in [3.05, 3.63) is 93.0 Å². The SMILES string of the molecule is COc1ccc(C2/C(=C(\O)c3cc(Cl)cc(Cl)c3OC)C(=O)C(=O)N2c2cccc(C(F)(F)F)c2)cc1. The molecule has 1 heterocycles. The van der Waals surface area contributed by atoms with Gasteiger partial charge in [0.15, 0.2) is 0 Å². The molecule has 1 saturated heterocycles. The number of halogens is 5. The number of rotatable bonds is 5. The highest BCUT2D eigenvalue weighted by Gasteiger charge is 2.47. The summed E-state index contributed by atoms with van der Waals surface area (Å²) in [5.41, 5.74) is -1.33. The molecule has 1 atom stereocenters. The number of hydrogen-bond donors (Lipinski definition) is 1. The van der Waals surface area contributed by atoms with Gasteiger partial charge in [-0.25, -0.2) is 0 Å². The van der Waals surface area contributed by atoms with Crippen molar-refractivity contribution in [1.29, 1.82) is 0 Å². The topological polar surface area (TPSA) is 76.1 Å². The van der Waals surface area contributed by atoms with Crippen LogP contribution in [0.25, 0.3) is 5.76 Å². The minimum Gasteiger partial charge on any atom is -0.507 e. The fourth-order valence-corrected chi connectivity index (χ4v) is 4.69. The fraction of sp³-hybridized carbons (Fsp3) is 0.154. The Labute approximate surface area is 219 Å². The number of benzene rings is 3. The lowest BCUT2D eigenvalue weighted by Crippen LogP contribution is -2.29. The Morgan fingerprint density at radius 1 is 0.973 bits per heavy atom. The first-order valence-electron chi connectivity index (χ1n) is 10.6. The first kappa shape index (κ1) is 26.4. The maximum Gasteiger partial charge on any atom is 0.416 e. The number of amides is 1. The van der Waals surface area contributed by atoms with Gasteiger partial charge in [-0.05, 0) is 48.0 Å². The van der Waals surface area contributed by atoms with E-state index in [-0.39, 0.29) is 32.6 Å². The minimum absolute atomic E-state index is 0.0117. The van der Waals surface area contributed by atoms with Crippen LogP contribution in [0, 0.1) is 0 Å². The van der Waals surface area contributed by atoms with E-state index in [4.69, 9.17) is 32.7 Å². The molecule has 4 rings (SSSR count). The van der Waals surface area contributed by atoms with Gasteiger partial charge in [-0.1, -0.05) is 41.4 Å². The number of hydrogen-bond acceptors (Lipinski definition) is 5. The lowest BCUT2D eigenvalue weighted by Gasteiger charge is -2.26. The van der Waals surface area contributed by atoms with Crippen molar-refractivity contribution < 1.29 is 37.3 Å². The zero-order valence-corrected chi connectivity index (χ0v) is 20.8. The second-order valence-electron chi connectivity index (χ2n) is 7.96. The average Bonchev–Trinajstić information content (AvgIpc) is 3.13. The van der Waals surface area contributed by atoms with Crippen LogP contribution in [0.5, 0.6) is 11.5 Å². The highest BCUT2D eigenvalue weighted by atomic mass is 35.5. The maximum atomic E-state index is 13.4. The lowest BCUT2D eigenvalue weighted by atomic mass is 9.94. The molecule has 11 heteroatoms. The molecule has 0 bridgehead atoms. The molecule has 0 aromatic heterocycles. The van der Waals surface area contributed by atoms with E-state index in [9.17, 15) is 27.9 Å². The molecular weight excluding hydrogens is 534 g/mol. The van der Waals surface area contributed by atoms with Gasteiger partial charge in [-0.2, -0.15) is 13.2 Å². The summed E-state index contributed by atoms with van der Waals surface area (Å²) in [6.07, 6.45) is -4.69. The molecule has 37 heavy (non-hydrogen) atoms. The summed E-state index contributed by atoms with van der Waals surface area (Å²) in [4.78, 5) is 27.5. The van der Waals surface area contributed by atoms with Crippen LogP contribution in [-0.2, 0) is 15.8 Å². The van der Waals surface area contributed by atoms with E-state index in [1.807, 2.05) is 0 Å². The van der Waals surface area contributed by atoms with E-state index >= 15 is 0 Å². The molecule has 0 saturated carbocycles. The number of carbonyl (C=O) groups is 2. The van der Waals surface area contributed by atoms with Gasteiger partial charge in [0, 0.05) is 10.7 Å². The van der Waals surface area contributed by atoms with Crippen LogP contribution in [0.4, 0.5) is 18.9 Å². The summed E-state index contributed by atoms with van der Waals surface area (Å²) in [6, 6.07) is 11.5. The van der Waals surface area contributed by atoms with Gasteiger partial charge in [0.25, 0.3) is 11.7 Å². The molecule has 0 aliphatic carbocycles. The van der Waals surface area contributed by atoms with Gasteiger partial charge in [0.1, 0.15) is 17.3 Å². The number of nitrogens with zero attached hydrogens (tertiary/aromatic N) is 1. The van der Waals surface area contributed by atoms with Crippen LogP contribution in [0.3, 0.4) is 0 Å². The number of aliphatic hydroxyl groups excluding tert-OH is 1. The molecule has 0 radical (unpaired) electrons. The number of ketones is 1. The third kappa shape index (κ3) is 4.84. The lowest BCUT2D eigenvalue weighted by molar-refractivity contribution is -0.137. The number of methoxy groups -OCH3 is 2. The predicted octanol–water partition coefficient (Wildman–Crippen LogP) is 6.66. The maximum absolute atomic E-state index is 13.4. The van der Waals surface area contributed by atoms with E-state index in [0.717, 1.165) is 23.1 Å². The minimum atomic E-state index is -4.69. The smallest absolute Gasteiger partial charge is 0.416 e. The first-order valence-corrected chi connectivity index (χ1v) is 11.4. The summed E-state index contributed by atoms with van der Waals surface area (Å²) < 4.78 is 50.8. The standard InChI is InChI=1S/C26H18Cl2F3NO5/c1-36-17-8-6-13(7-9-17)21-20(22(33)18-11-15(27)12-19(28)24(18)37-2)23(34)25(35)32(21)16-5-3-4-14(10-16)26(29,30)31/h3-12,21,33H,1-2H3/b22-20+. The Morgan fingerprint density at radius 2 is 1.65 bits per heavy atom. The highest BCUT2D eigenvalue weighted by molar-refractivity contribution is 6.52. The Hall–Kier alpha value is -3.69.